The number of piperidine rings is 1. The fourth-order valence-electron chi connectivity index (χ4n) is 3.63. The third-order valence-corrected chi connectivity index (χ3v) is 5.25. The Labute approximate surface area is 172 Å². The van der Waals surface area contributed by atoms with Crippen LogP contribution in [0.3, 0.4) is 0 Å². The van der Waals surface area contributed by atoms with E-state index in [1.165, 1.54) is 41.5 Å². The predicted molar refractivity (Wildman–Crippen MR) is 104 cm³/mol. The lowest BCUT2D eigenvalue weighted by molar-refractivity contribution is 0.0498. The molecule has 0 saturated carbocycles. The molecule has 0 spiro atoms. The Balaban J connectivity index is 1.51. The number of amides is 1. The minimum Gasteiger partial charge on any atom is -0.477 e. The van der Waals surface area contributed by atoms with E-state index in [2.05, 4.69) is 15.2 Å². The van der Waals surface area contributed by atoms with Gasteiger partial charge in [-0.05, 0) is 38.0 Å². The van der Waals surface area contributed by atoms with Gasteiger partial charge in [-0.1, -0.05) is 6.07 Å². The lowest BCUT2D eigenvalue weighted by Crippen LogP contribution is -2.47. The molecular weight excluding hydrogens is 392 g/mol. The fourth-order valence-corrected chi connectivity index (χ4v) is 3.63. The van der Waals surface area contributed by atoms with Gasteiger partial charge in [-0.2, -0.15) is 15.0 Å². The van der Waals surface area contributed by atoms with E-state index in [1.54, 1.807) is 11.0 Å². The maximum atomic E-state index is 14.7. The van der Waals surface area contributed by atoms with Gasteiger partial charge < -0.3 is 9.64 Å². The van der Waals surface area contributed by atoms with Gasteiger partial charge in [0.15, 0.2) is 0 Å². The van der Waals surface area contributed by atoms with Crippen LogP contribution in [0.25, 0.3) is 5.69 Å². The number of benzene rings is 1. The van der Waals surface area contributed by atoms with Gasteiger partial charge in [0.2, 0.25) is 5.88 Å². The largest absolute Gasteiger partial charge is 0.477 e. The minimum absolute atomic E-state index is 0.0456. The molecule has 9 heteroatoms. The first-order chi connectivity index (χ1) is 14.5. The first-order valence-corrected chi connectivity index (χ1v) is 9.73. The number of hydrogen-bond acceptors (Lipinski definition) is 5. The van der Waals surface area contributed by atoms with Crippen molar-refractivity contribution in [1.29, 1.82) is 0 Å². The second-order valence-electron chi connectivity index (χ2n) is 7.33. The first kappa shape index (κ1) is 19.9. The number of pyridine rings is 1. The molecule has 30 heavy (non-hydrogen) atoms. The summed E-state index contributed by atoms with van der Waals surface area (Å²) < 4.78 is 33.3. The van der Waals surface area contributed by atoms with Crippen LogP contribution in [0, 0.1) is 17.6 Å². The second kappa shape index (κ2) is 8.56. The number of hydrogen-bond donors (Lipinski definition) is 0. The summed E-state index contributed by atoms with van der Waals surface area (Å²) in [6.07, 6.45) is 5.66. The Morgan fingerprint density at radius 3 is 2.70 bits per heavy atom. The molecule has 0 bridgehead atoms. The van der Waals surface area contributed by atoms with Crippen LogP contribution in [-0.4, -0.2) is 50.0 Å². The van der Waals surface area contributed by atoms with Gasteiger partial charge in [-0.15, -0.1) is 0 Å². The maximum Gasteiger partial charge on any atom is 0.259 e. The minimum atomic E-state index is -0.615. The quantitative estimate of drug-likeness (QED) is 0.642. The van der Waals surface area contributed by atoms with E-state index in [-0.39, 0.29) is 17.5 Å². The third kappa shape index (κ3) is 4.14. The van der Waals surface area contributed by atoms with Crippen molar-refractivity contribution in [3.05, 3.63) is 66.1 Å². The zero-order chi connectivity index (χ0) is 21.1. The van der Waals surface area contributed by atoms with Crippen LogP contribution >= 0.6 is 0 Å². The highest BCUT2D eigenvalue weighted by molar-refractivity contribution is 5.98. The Bertz CT molecular complexity index is 1010. The zero-order valence-electron chi connectivity index (χ0n) is 16.4. The number of ether oxygens (including phenoxy) is 1. The smallest absolute Gasteiger partial charge is 0.259 e. The summed E-state index contributed by atoms with van der Waals surface area (Å²) in [5, 5.41) is 8.07. The molecule has 4 rings (SSSR count). The van der Waals surface area contributed by atoms with Crippen LogP contribution in [0.5, 0.6) is 5.88 Å². The maximum absolute atomic E-state index is 14.7. The zero-order valence-corrected chi connectivity index (χ0v) is 16.4. The van der Waals surface area contributed by atoms with Crippen LogP contribution < -0.4 is 4.74 Å². The molecule has 1 saturated heterocycles. The highest BCUT2D eigenvalue weighted by Gasteiger charge is 2.33. The molecule has 0 N–H and O–H groups in total. The van der Waals surface area contributed by atoms with Crippen LogP contribution in [0.2, 0.25) is 0 Å². The van der Waals surface area contributed by atoms with Gasteiger partial charge in [0.1, 0.15) is 22.9 Å². The summed E-state index contributed by atoms with van der Waals surface area (Å²) in [6, 6.07) is 7.10. The highest BCUT2D eigenvalue weighted by atomic mass is 19.1. The van der Waals surface area contributed by atoms with Crippen molar-refractivity contribution in [2.75, 3.05) is 13.2 Å². The van der Waals surface area contributed by atoms with E-state index >= 15 is 0 Å². The van der Waals surface area contributed by atoms with Crippen molar-refractivity contribution >= 4 is 5.91 Å². The molecule has 0 radical (unpaired) electrons. The van der Waals surface area contributed by atoms with E-state index in [9.17, 15) is 13.6 Å². The van der Waals surface area contributed by atoms with Gasteiger partial charge in [0.25, 0.3) is 5.91 Å². The van der Waals surface area contributed by atoms with E-state index in [0.29, 0.717) is 24.7 Å². The van der Waals surface area contributed by atoms with E-state index in [0.717, 1.165) is 19.0 Å². The topological polar surface area (TPSA) is 73.1 Å². The molecule has 1 aromatic carbocycles. The average molecular weight is 413 g/mol. The monoisotopic (exact) mass is 413 g/mol. The predicted octanol–water partition coefficient (Wildman–Crippen LogP) is 3.26. The second-order valence-corrected chi connectivity index (χ2v) is 7.33. The Morgan fingerprint density at radius 1 is 1.17 bits per heavy atom. The van der Waals surface area contributed by atoms with Gasteiger partial charge in [-0.3, -0.25) is 4.79 Å². The molecular formula is C21H21F2N5O2. The summed E-state index contributed by atoms with van der Waals surface area (Å²) in [7, 11) is 0. The lowest BCUT2D eigenvalue weighted by atomic mass is 9.93. The average Bonchev–Trinajstić information content (AvgIpc) is 3.28. The van der Waals surface area contributed by atoms with Crippen molar-refractivity contribution in [3.8, 4) is 11.6 Å². The molecule has 7 nitrogen and oxygen atoms in total. The summed E-state index contributed by atoms with van der Waals surface area (Å²) >= 11 is 0. The van der Waals surface area contributed by atoms with Crippen LogP contribution in [-0.2, 0) is 0 Å². The fraction of sp³-hybridized carbons (Fsp3) is 0.333. The summed E-state index contributed by atoms with van der Waals surface area (Å²) in [6.45, 7) is 2.70. The number of halogens is 2. The number of nitrogens with zero attached hydrogens (tertiary/aromatic N) is 5. The van der Waals surface area contributed by atoms with Crippen LogP contribution in [0.4, 0.5) is 8.78 Å². The number of rotatable bonds is 5. The number of aromatic nitrogens is 4. The van der Waals surface area contributed by atoms with Crippen molar-refractivity contribution in [3.63, 3.8) is 0 Å². The van der Waals surface area contributed by atoms with Gasteiger partial charge in [0.05, 0.1) is 25.2 Å². The molecule has 1 amide bonds. The molecule has 156 valence electrons. The van der Waals surface area contributed by atoms with Gasteiger partial charge in [0, 0.05) is 24.6 Å². The number of carbonyl (C=O) groups excluding carboxylic acids is 1. The number of likely N-dealkylation sites (tertiary alicyclic amines) is 1. The van der Waals surface area contributed by atoms with E-state index in [1.807, 2.05) is 6.92 Å². The summed E-state index contributed by atoms with van der Waals surface area (Å²) in [5.74, 6) is -1.07. The van der Waals surface area contributed by atoms with Crippen molar-refractivity contribution in [2.45, 2.75) is 25.8 Å². The normalized spacial score (nSPS) is 19.0. The summed E-state index contributed by atoms with van der Waals surface area (Å²) in [4.78, 5) is 20.1. The van der Waals surface area contributed by atoms with Gasteiger partial charge >= 0.3 is 0 Å². The molecule has 1 aliphatic rings. The highest BCUT2D eigenvalue weighted by Crippen LogP contribution is 2.27. The van der Waals surface area contributed by atoms with Crippen LogP contribution in [0.15, 0.2) is 48.9 Å². The first-order valence-electron chi connectivity index (χ1n) is 9.73. The molecule has 2 aromatic heterocycles. The molecule has 0 aliphatic carbocycles. The van der Waals surface area contributed by atoms with Crippen LogP contribution in [0.1, 0.15) is 30.1 Å². The third-order valence-electron chi connectivity index (χ3n) is 5.25. The van der Waals surface area contributed by atoms with Gasteiger partial charge in [-0.25, -0.2) is 13.8 Å². The van der Waals surface area contributed by atoms with E-state index in [4.69, 9.17) is 4.74 Å². The lowest BCUT2D eigenvalue weighted by Gasteiger charge is -2.38. The van der Waals surface area contributed by atoms with Crippen molar-refractivity contribution in [1.82, 2.24) is 24.9 Å². The standard InChI is InChI=1S/C21H21F2N5O2/c1-14-5-6-15(13-30-19-8-7-16(22)11-24-19)12-27(14)21(29)20-17(23)3-2-4-18(20)28-25-9-10-26-28/h2-4,7-11,14-15H,5-6,12-13H2,1H3/t14-,15-/m1/s1. The Morgan fingerprint density at radius 2 is 1.97 bits per heavy atom. The van der Waals surface area contributed by atoms with Crippen molar-refractivity contribution in [2.24, 2.45) is 5.92 Å². The Hall–Kier alpha value is -3.36. The SMILES string of the molecule is C[C@@H]1CC[C@@H](COc2ccc(F)cn2)CN1C(=O)c1c(F)cccc1-n1nccn1. The Kier molecular flexibility index (Phi) is 5.69. The molecule has 1 fully saturated rings. The van der Waals surface area contributed by atoms with E-state index < -0.39 is 17.5 Å². The summed E-state index contributed by atoms with van der Waals surface area (Å²) in [5.41, 5.74) is 0.244. The molecule has 3 heterocycles. The molecule has 2 atom stereocenters. The molecule has 0 unspecified atom stereocenters. The number of carbonyl (C=O) groups is 1. The van der Waals surface area contributed by atoms with Crippen molar-refractivity contribution < 1.29 is 18.3 Å². The molecule has 1 aliphatic heterocycles. The molecule has 3 aromatic rings.